The zero-order valence-corrected chi connectivity index (χ0v) is 63.2. The van der Waals surface area contributed by atoms with Gasteiger partial charge in [-0.3, -0.25) is 4.79 Å². The quantitative estimate of drug-likeness (QED) is 0.141. The maximum Gasteiger partial charge on any atom is 2.00 e. The Bertz CT molecular complexity index is 5000. The number of carbonyl (C=O) groups is 1. The van der Waals surface area contributed by atoms with Crippen LogP contribution in [-0.4, -0.2) is 62.5 Å². The van der Waals surface area contributed by atoms with Crippen molar-refractivity contribution in [3.63, 3.8) is 0 Å². The van der Waals surface area contributed by atoms with Crippen LogP contribution in [0.15, 0.2) is 358 Å². The molecule has 0 saturated carbocycles. The molecule has 14 aromatic carbocycles. The maximum absolute atomic E-state index is 12.2. The largest absolute Gasteiger partial charge is 2.00 e. The van der Waals surface area contributed by atoms with Gasteiger partial charge in [0.25, 0.3) is 0 Å². The molecule has 18 rings (SSSR count). The van der Waals surface area contributed by atoms with E-state index in [1.807, 2.05) is 164 Å². The molecule has 4 aliphatic carbocycles. The average Bonchev–Trinajstić information content (AvgIpc) is 1.52. The summed E-state index contributed by atoms with van der Waals surface area (Å²) in [4.78, 5) is 12.0. The van der Waals surface area contributed by atoms with E-state index in [4.69, 9.17) is 0 Å². The monoisotopic (exact) mass is 1600 g/mol. The number of hydrogen-bond donors (Lipinski definition) is 1. The third kappa shape index (κ3) is 13.9. The van der Waals surface area contributed by atoms with Gasteiger partial charge in [0.15, 0.2) is 5.78 Å². The molecule has 0 aromatic heterocycles. The molecule has 3 nitrogen and oxygen atoms in total. The normalized spacial score (nSPS) is 13.2. The van der Waals surface area contributed by atoms with Crippen molar-refractivity contribution in [1.29, 1.82) is 0 Å². The van der Waals surface area contributed by atoms with Gasteiger partial charge >= 0.3 is 46.1 Å². The molecule has 0 fully saturated rings. The molecule has 10 heteroatoms. The fraction of sp³-hybridized carbons (Fsp3) is 0.0230. The molecule has 0 aliphatic heterocycles. The van der Waals surface area contributed by atoms with Crippen LogP contribution in [0.1, 0.15) is 57.7 Å². The van der Waals surface area contributed by atoms with Crippen LogP contribution >= 0.6 is 63.7 Å². The molecule has 14 aromatic rings. The predicted octanol–water partition coefficient (Wildman–Crippen LogP) is 19.7. The summed E-state index contributed by atoms with van der Waals surface area (Å²) in [6.45, 7) is 0. The van der Waals surface area contributed by atoms with Crippen LogP contribution in [0.25, 0.3) is 77.9 Å². The Balaban J connectivity index is 0.000000161. The molecule has 0 bridgehead atoms. The van der Waals surface area contributed by atoms with Gasteiger partial charge in [0.1, 0.15) is 5.60 Å². The number of rotatable bonds is 4. The Hall–Kier alpha value is -7.40. The van der Waals surface area contributed by atoms with Gasteiger partial charge in [-0.15, -0.1) is 35.9 Å². The molecule has 4 aliphatic rings. The summed E-state index contributed by atoms with van der Waals surface area (Å²) >= 11 is 14.2. The molecule has 97 heavy (non-hydrogen) atoms. The fourth-order valence-electron chi connectivity index (χ4n) is 13.8. The molecule has 3 N–H and O–H groups in total. The second-order valence-electron chi connectivity index (χ2n) is 23.0. The van der Waals surface area contributed by atoms with Gasteiger partial charge < -0.3 is 30.4 Å². The van der Waals surface area contributed by atoms with Crippen LogP contribution in [-0.2, 0) is 11.0 Å². The summed E-state index contributed by atoms with van der Waals surface area (Å²) in [5.74, 6) is 0.127. The van der Waals surface area contributed by atoms with Crippen molar-refractivity contribution in [2.24, 2.45) is 0 Å². The van der Waals surface area contributed by atoms with Gasteiger partial charge in [-0.05, 0) is 131 Å². The van der Waals surface area contributed by atoms with Crippen molar-refractivity contribution in [3.05, 3.63) is 414 Å². The van der Waals surface area contributed by atoms with Crippen LogP contribution < -0.4 is 17.0 Å². The van der Waals surface area contributed by atoms with E-state index in [9.17, 15) is 9.90 Å². The van der Waals surface area contributed by atoms with Gasteiger partial charge in [0, 0.05) is 45.7 Å². The maximum atomic E-state index is 12.2. The number of ketones is 1. The Morgan fingerprint density at radius 1 is 0.289 bits per heavy atom. The smallest absolute Gasteiger partial charge is 1.00 e. The zero-order chi connectivity index (χ0) is 63.5. The zero-order valence-electron chi connectivity index (χ0n) is 54.5. The molecule has 0 saturated heterocycles. The van der Waals surface area contributed by atoms with E-state index in [-0.39, 0.29) is 82.6 Å². The van der Waals surface area contributed by atoms with Crippen LogP contribution in [0.5, 0.6) is 0 Å². The second kappa shape index (κ2) is 32.1. The van der Waals surface area contributed by atoms with Crippen molar-refractivity contribution in [2.75, 3.05) is 0 Å². The topological polar surface area (TPSA) is 68.8 Å². The number of aliphatic hydroxyl groups is 1. The van der Waals surface area contributed by atoms with Gasteiger partial charge in [-0.2, -0.15) is 0 Å². The fourth-order valence-corrected chi connectivity index (χ4v) is 15.4. The summed E-state index contributed by atoms with van der Waals surface area (Å²) in [6, 6.07) is 120. The summed E-state index contributed by atoms with van der Waals surface area (Å²) in [5.41, 5.74) is 25.2. The van der Waals surface area contributed by atoms with Gasteiger partial charge in [0.05, 0.1) is 5.41 Å². The number of fused-ring (bicyclic) bond motifs is 16. The first kappa shape index (κ1) is 72.3. The van der Waals surface area contributed by atoms with E-state index >= 15 is 0 Å². The molecule has 0 radical (unpaired) electrons. The number of carbonyl (C=O) groups excluding carboxylic acids is 1. The summed E-state index contributed by atoms with van der Waals surface area (Å²) < 4.78 is 4.18. The van der Waals surface area contributed by atoms with Crippen molar-refractivity contribution >= 4 is 116 Å². The van der Waals surface area contributed by atoms with Crippen LogP contribution in [0.2, 0.25) is 0 Å². The number of hydrogen-bond acceptors (Lipinski definition) is 2. The van der Waals surface area contributed by atoms with Gasteiger partial charge in [0.2, 0.25) is 0 Å². The minimum atomic E-state index is -1.19. The SMILES string of the molecule is Brc1ccc2c(c1)C1(c3ccccc3-c3ccccc31)c1ccccc1-2.Brc1ccccc1-c1ccccc1.O.O=C1c2ccccc2-c2ccc(Br)cc21.OC1(c2ccccc2-c2ccccc2)c2ccccc2-c2ccc(Br)cc21.[Br-].[H-].[H-].[Mg+2].[Mg+2].[c-]1ccccc1-c1ccccc1. The first-order chi connectivity index (χ1) is 45.6. The first-order valence-electron chi connectivity index (χ1n) is 30.7. The van der Waals surface area contributed by atoms with Crippen LogP contribution in [0.3, 0.4) is 0 Å². The number of benzene rings is 14. The predicted molar refractivity (Wildman–Crippen MR) is 415 cm³/mol. The minimum Gasteiger partial charge on any atom is -1.00 e. The van der Waals surface area contributed by atoms with Crippen molar-refractivity contribution in [3.8, 4) is 77.9 Å². The Morgan fingerprint density at radius 3 is 1.11 bits per heavy atom. The Labute approximate surface area is 646 Å². The summed E-state index contributed by atoms with van der Waals surface area (Å²) in [5, 5.41) is 12.2. The van der Waals surface area contributed by atoms with Crippen molar-refractivity contribution < 1.29 is 35.2 Å². The van der Waals surface area contributed by atoms with Crippen LogP contribution in [0.4, 0.5) is 0 Å². The summed E-state index contributed by atoms with van der Waals surface area (Å²) in [7, 11) is 0. The molecule has 1 atom stereocenters. The Kier molecular flexibility index (Phi) is 23.9. The van der Waals surface area contributed by atoms with Crippen LogP contribution in [0, 0.1) is 6.07 Å². The van der Waals surface area contributed by atoms with Gasteiger partial charge in [-0.1, -0.05) is 342 Å². The number of halogens is 5. The van der Waals surface area contributed by atoms with E-state index < -0.39 is 5.60 Å². The van der Waals surface area contributed by atoms with E-state index in [2.05, 4.69) is 246 Å². The minimum absolute atomic E-state index is 0. The van der Waals surface area contributed by atoms with E-state index in [1.54, 1.807) is 0 Å². The molecular weight excluding hydrogens is 1540 g/mol. The molecule has 466 valence electrons. The van der Waals surface area contributed by atoms with E-state index in [1.165, 1.54) is 61.2 Å². The summed E-state index contributed by atoms with van der Waals surface area (Å²) in [6.07, 6.45) is 0. The third-order valence-electron chi connectivity index (χ3n) is 17.8. The van der Waals surface area contributed by atoms with Gasteiger partial charge in [-0.25, -0.2) is 0 Å². The molecule has 0 amide bonds. The molecular formula is C87H61Br5Mg2O3. The van der Waals surface area contributed by atoms with Crippen molar-refractivity contribution in [1.82, 2.24) is 0 Å². The van der Waals surface area contributed by atoms with E-state index in [0.29, 0.717) is 0 Å². The Morgan fingerprint density at radius 2 is 0.619 bits per heavy atom. The standard InChI is InChI=1S/C25H17BrO.C25H15Br.C13H7BrO.C12H9Br.C12H9.BrH.2Mg.H2O.2H/c26-18-14-15-21-20-11-5-7-13-23(20)25(27,24(21)16-18)22-12-6-4-10-19(22)17-8-2-1-3-9-17;26-16-13-14-20-19-9-3-6-12-23(19)25(24(20)15-16)21-10-4-1-7-17(21)18-8-2-5-11-22(18)25;14-8-5-6-10-9-3-1-2-4-11(9)13(15)12(10)7-8;13-12-9-5-4-8-11(12)10-6-2-1-3-7-10;1-3-7-11(8-4-1)12-9-5-2-6-10-12;;;;;;/h1-16,27H;1-15H;1-7H;1-9H;1-9H;1H;;;1H2;;/q;;;;-1;;2*+2;;2*-1/p-1. The molecule has 0 heterocycles. The first-order valence-corrected chi connectivity index (χ1v) is 33.9. The second-order valence-corrected chi connectivity index (χ2v) is 26.6. The van der Waals surface area contributed by atoms with E-state index in [0.717, 1.165) is 84.7 Å². The van der Waals surface area contributed by atoms with Crippen molar-refractivity contribution in [2.45, 2.75) is 11.0 Å². The third-order valence-corrected chi connectivity index (χ3v) is 20.0. The molecule has 1 spiro atoms. The average molecular weight is 1600 g/mol. The molecule has 1 unspecified atom stereocenters.